The zero-order valence-corrected chi connectivity index (χ0v) is 6.36. The second kappa shape index (κ2) is 2.90. The molecule has 1 N–H and O–H groups in total. The molecule has 11 heavy (non-hydrogen) atoms. The van der Waals surface area contributed by atoms with Crippen LogP contribution in [0.2, 0.25) is 0 Å². The van der Waals surface area contributed by atoms with Crippen molar-refractivity contribution in [2.75, 3.05) is 13.1 Å². The minimum absolute atomic E-state index is 0.151. The van der Waals surface area contributed by atoms with E-state index in [9.17, 15) is 9.59 Å². The van der Waals surface area contributed by atoms with Crippen LogP contribution in [0.15, 0.2) is 0 Å². The van der Waals surface area contributed by atoms with E-state index in [2.05, 4.69) is 0 Å². The molecule has 0 bridgehead atoms. The highest BCUT2D eigenvalue weighted by molar-refractivity contribution is 5.70. The van der Waals surface area contributed by atoms with Crippen molar-refractivity contribution in [2.45, 2.75) is 6.92 Å². The normalized spacial score (nSPS) is 20.6. The molecule has 1 fully saturated rings. The summed E-state index contributed by atoms with van der Waals surface area (Å²) in [4.78, 5) is 22.1. The minimum Gasteiger partial charge on any atom is -0.481 e. The number of aliphatic carboxylic acids is 1. The molecule has 4 heteroatoms. The fraction of sp³-hybridized carbons (Fsp3) is 0.714. The molecule has 1 heterocycles. The van der Waals surface area contributed by atoms with Crippen molar-refractivity contribution in [1.29, 1.82) is 0 Å². The van der Waals surface area contributed by atoms with Gasteiger partial charge in [-0.05, 0) is 0 Å². The number of hydrogen-bond donors (Lipinski definition) is 1. The average Bonchev–Trinajstić information content (AvgIpc) is 1.85. The molecule has 4 nitrogen and oxygen atoms in total. The Bertz CT molecular complexity index is 175. The lowest BCUT2D eigenvalue weighted by Gasteiger charge is -2.38. The van der Waals surface area contributed by atoms with Crippen LogP contribution in [0.3, 0.4) is 0 Å². The third-order valence-corrected chi connectivity index (χ3v) is 2.18. The first kappa shape index (κ1) is 8.04. The first-order valence-electron chi connectivity index (χ1n) is 3.57. The van der Waals surface area contributed by atoms with Gasteiger partial charge in [-0.1, -0.05) is 6.92 Å². The maximum Gasteiger partial charge on any atom is 0.306 e. The fourth-order valence-corrected chi connectivity index (χ4v) is 1.15. The largest absolute Gasteiger partial charge is 0.481 e. The van der Waals surface area contributed by atoms with Crippen LogP contribution in [0.1, 0.15) is 6.92 Å². The molecular weight excluding hydrogens is 146 g/mol. The molecular formula is C7H11NO3. The Hall–Kier alpha value is -1.06. The summed E-state index contributed by atoms with van der Waals surface area (Å²) >= 11 is 0. The number of likely N-dealkylation sites (tertiary alicyclic amines) is 1. The number of rotatable bonds is 3. The van der Waals surface area contributed by atoms with Gasteiger partial charge in [0.25, 0.3) is 0 Å². The van der Waals surface area contributed by atoms with Crippen molar-refractivity contribution in [2.24, 2.45) is 11.8 Å². The summed E-state index contributed by atoms with van der Waals surface area (Å²) in [6.45, 7) is 2.86. The van der Waals surface area contributed by atoms with Gasteiger partial charge in [-0.3, -0.25) is 9.59 Å². The van der Waals surface area contributed by atoms with Gasteiger partial charge in [0.1, 0.15) is 0 Å². The van der Waals surface area contributed by atoms with Crippen LogP contribution in [-0.4, -0.2) is 35.5 Å². The van der Waals surface area contributed by atoms with E-state index in [-0.39, 0.29) is 11.8 Å². The minimum atomic E-state index is -0.777. The van der Waals surface area contributed by atoms with Crippen molar-refractivity contribution in [3.05, 3.63) is 0 Å². The topological polar surface area (TPSA) is 57.6 Å². The summed E-state index contributed by atoms with van der Waals surface area (Å²) < 4.78 is 0. The van der Waals surface area contributed by atoms with Crippen LogP contribution in [0, 0.1) is 11.8 Å². The molecule has 1 unspecified atom stereocenters. The molecule has 0 saturated carbocycles. The van der Waals surface area contributed by atoms with Gasteiger partial charge in [-0.15, -0.1) is 0 Å². The monoisotopic (exact) mass is 157 g/mol. The van der Waals surface area contributed by atoms with Crippen LogP contribution < -0.4 is 0 Å². The summed E-state index contributed by atoms with van der Waals surface area (Å²) in [7, 11) is 0. The van der Waals surface area contributed by atoms with Crippen molar-refractivity contribution >= 4 is 12.4 Å². The number of hydrogen-bond acceptors (Lipinski definition) is 2. The first-order chi connectivity index (χ1) is 5.15. The van der Waals surface area contributed by atoms with Gasteiger partial charge in [0.05, 0.1) is 5.92 Å². The molecule has 1 aliphatic heterocycles. The summed E-state index contributed by atoms with van der Waals surface area (Å²) in [5, 5.41) is 8.57. The van der Waals surface area contributed by atoms with Gasteiger partial charge >= 0.3 is 5.97 Å². The Morgan fingerprint density at radius 2 is 2.27 bits per heavy atom. The van der Waals surface area contributed by atoms with Gasteiger partial charge < -0.3 is 10.0 Å². The van der Waals surface area contributed by atoms with Gasteiger partial charge in [-0.25, -0.2) is 0 Å². The molecule has 1 rings (SSSR count). The Balaban J connectivity index is 2.31. The van der Waals surface area contributed by atoms with Gasteiger partial charge in [0.15, 0.2) is 0 Å². The van der Waals surface area contributed by atoms with Crippen molar-refractivity contribution < 1.29 is 14.7 Å². The van der Waals surface area contributed by atoms with Crippen LogP contribution >= 0.6 is 0 Å². The van der Waals surface area contributed by atoms with E-state index in [0.717, 1.165) is 6.41 Å². The van der Waals surface area contributed by atoms with Gasteiger partial charge in [0.2, 0.25) is 6.41 Å². The second-order valence-electron chi connectivity index (χ2n) is 2.95. The summed E-state index contributed by atoms with van der Waals surface area (Å²) in [6.07, 6.45) is 0.755. The lowest BCUT2D eigenvalue weighted by molar-refractivity contribution is -0.147. The Morgan fingerprint density at radius 3 is 2.64 bits per heavy atom. The highest BCUT2D eigenvalue weighted by Gasteiger charge is 2.33. The zero-order valence-electron chi connectivity index (χ0n) is 6.36. The van der Waals surface area contributed by atoms with Crippen LogP contribution in [-0.2, 0) is 9.59 Å². The van der Waals surface area contributed by atoms with E-state index in [0.29, 0.717) is 13.1 Å². The van der Waals surface area contributed by atoms with Crippen LogP contribution in [0.5, 0.6) is 0 Å². The predicted octanol–water partition coefficient (Wildman–Crippen LogP) is -0.205. The number of amides is 1. The fourth-order valence-electron chi connectivity index (χ4n) is 1.15. The van der Waals surface area contributed by atoms with E-state index in [1.165, 1.54) is 0 Å². The molecule has 0 aromatic carbocycles. The van der Waals surface area contributed by atoms with E-state index in [1.807, 2.05) is 0 Å². The Kier molecular flexibility index (Phi) is 2.12. The number of carboxylic acids is 1. The van der Waals surface area contributed by atoms with E-state index < -0.39 is 5.97 Å². The molecule has 0 aliphatic carbocycles. The molecule has 1 aliphatic rings. The zero-order chi connectivity index (χ0) is 8.43. The standard InChI is InChI=1S/C7H11NO3/c1-5(7(10)11)6-2-8(3-6)4-9/h4-6H,2-3H2,1H3,(H,10,11). The predicted molar refractivity (Wildman–Crippen MR) is 37.9 cm³/mol. The van der Waals surface area contributed by atoms with Gasteiger partial charge in [0, 0.05) is 19.0 Å². The Labute approximate surface area is 64.8 Å². The van der Waals surface area contributed by atoms with Crippen LogP contribution in [0.25, 0.3) is 0 Å². The molecule has 0 radical (unpaired) electrons. The van der Waals surface area contributed by atoms with Crippen molar-refractivity contribution in [3.8, 4) is 0 Å². The Morgan fingerprint density at radius 1 is 1.73 bits per heavy atom. The van der Waals surface area contributed by atoms with E-state index >= 15 is 0 Å². The molecule has 1 saturated heterocycles. The highest BCUT2D eigenvalue weighted by Crippen LogP contribution is 2.22. The van der Waals surface area contributed by atoms with Crippen molar-refractivity contribution in [1.82, 2.24) is 4.90 Å². The maximum atomic E-state index is 10.4. The summed E-state index contributed by atoms with van der Waals surface area (Å²) in [6, 6.07) is 0. The third kappa shape index (κ3) is 1.50. The number of nitrogens with zero attached hydrogens (tertiary/aromatic N) is 1. The molecule has 0 aromatic rings. The maximum absolute atomic E-state index is 10.4. The highest BCUT2D eigenvalue weighted by atomic mass is 16.4. The quantitative estimate of drug-likeness (QED) is 0.577. The molecule has 1 amide bonds. The van der Waals surface area contributed by atoms with E-state index in [4.69, 9.17) is 5.11 Å². The molecule has 0 aromatic heterocycles. The molecule has 1 atom stereocenters. The smallest absolute Gasteiger partial charge is 0.306 e. The lowest BCUT2D eigenvalue weighted by Crippen LogP contribution is -2.49. The number of carboxylic acid groups (broad SMARTS) is 1. The SMILES string of the molecule is CC(C(=O)O)C1CN(C=O)C1. The number of carbonyl (C=O) groups is 2. The second-order valence-corrected chi connectivity index (χ2v) is 2.95. The van der Waals surface area contributed by atoms with Crippen molar-refractivity contribution in [3.63, 3.8) is 0 Å². The lowest BCUT2D eigenvalue weighted by atomic mass is 9.88. The summed E-state index contributed by atoms with van der Waals surface area (Å²) in [5.74, 6) is -0.954. The van der Waals surface area contributed by atoms with E-state index in [1.54, 1.807) is 11.8 Å². The third-order valence-electron chi connectivity index (χ3n) is 2.18. The first-order valence-corrected chi connectivity index (χ1v) is 3.57. The average molecular weight is 157 g/mol. The molecule has 62 valence electrons. The number of carbonyl (C=O) groups excluding carboxylic acids is 1. The van der Waals surface area contributed by atoms with Crippen LogP contribution in [0.4, 0.5) is 0 Å². The molecule has 0 spiro atoms. The summed E-state index contributed by atoms with van der Waals surface area (Å²) in [5.41, 5.74) is 0. The van der Waals surface area contributed by atoms with Gasteiger partial charge in [-0.2, -0.15) is 0 Å².